The van der Waals surface area contributed by atoms with Crippen LogP contribution in [0.15, 0.2) is 0 Å². The van der Waals surface area contributed by atoms with Crippen molar-refractivity contribution in [3.05, 3.63) is 0 Å². The largest absolute Gasteiger partial charge is 0.381 e. The van der Waals surface area contributed by atoms with Gasteiger partial charge in [0.1, 0.15) is 0 Å². The molecule has 0 amide bonds. The Morgan fingerprint density at radius 2 is 1.06 bits per heavy atom. The van der Waals surface area contributed by atoms with Crippen LogP contribution in [0.25, 0.3) is 0 Å². The third-order valence-electron chi connectivity index (χ3n) is 6.73. The fraction of sp³-hybridized carbons (Fsp3) is 1.00. The zero-order valence-electron chi connectivity index (χ0n) is 21.9. The summed E-state index contributed by atoms with van der Waals surface area (Å²) < 4.78 is 5.84. The van der Waals surface area contributed by atoms with Crippen molar-refractivity contribution in [3.8, 4) is 0 Å². The van der Waals surface area contributed by atoms with Crippen molar-refractivity contribution in [2.24, 2.45) is 23.3 Å². The lowest BCUT2D eigenvalue weighted by Gasteiger charge is -2.22. The van der Waals surface area contributed by atoms with Crippen molar-refractivity contribution in [1.82, 2.24) is 0 Å². The molecule has 31 heavy (non-hydrogen) atoms. The zero-order valence-corrected chi connectivity index (χ0v) is 21.9. The lowest BCUT2D eigenvalue weighted by Crippen LogP contribution is -2.35. The average molecular weight is 441 g/mol. The number of hydrogen-bond acceptors (Lipinski definition) is 3. The Balaban J connectivity index is 3.40. The monoisotopic (exact) mass is 440 g/mol. The van der Waals surface area contributed by atoms with Crippen LogP contribution in [0.4, 0.5) is 0 Å². The smallest absolute Gasteiger partial charge is 0.0466 e. The van der Waals surface area contributed by atoms with E-state index in [0.29, 0.717) is 5.92 Å². The minimum absolute atomic E-state index is 0.245. The maximum atomic E-state index is 6.43. The van der Waals surface area contributed by atoms with Gasteiger partial charge in [-0.3, -0.25) is 0 Å². The summed E-state index contributed by atoms with van der Waals surface area (Å²) in [5.74, 6) is 1.36. The van der Waals surface area contributed by atoms with Crippen LogP contribution >= 0.6 is 0 Å². The second-order valence-electron chi connectivity index (χ2n) is 10.3. The molecule has 0 saturated carbocycles. The lowest BCUT2D eigenvalue weighted by molar-refractivity contribution is 0.123. The lowest BCUT2D eigenvalue weighted by atomic mass is 9.91. The van der Waals surface area contributed by atoms with E-state index in [2.05, 4.69) is 20.8 Å². The van der Waals surface area contributed by atoms with Crippen LogP contribution < -0.4 is 11.5 Å². The first-order chi connectivity index (χ1) is 15.1. The van der Waals surface area contributed by atoms with Gasteiger partial charge in [-0.1, -0.05) is 117 Å². The first-order valence-electron chi connectivity index (χ1n) is 14.1. The summed E-state index contributed by atoms with van der Waals surface area (Å²) in [5.41, 5.74) is 12.4. The van der Waals surface area contributed by atoms with Gasteiger partial charge >= 0.3 is 0 Å². The van der Waals surface area contributed by atoms with Crippen molar-refractivity contribution in [1.29, 1.82) is 0 Å². The Morgan fingerprint density at radius 1 is 0.581 bits per heavy atom. The standard InChI is InChI=1S/C28H60N2O/c1-4-5-6-7-10-14-17-21-27(25-29)28(30)22-19-24-31-23-18-15-12-9-8-11-13-16-20-26(2)3/h26-28H,4-25,29-30H2,1-3H3. The van der Waals surface area contributed by atoms with Crippen LogP contribution in [-0.4, -0.2) is 25.8 Å². The topological polar surface area (TPSA) is 61.3 Å². The Bertz CT molecular complexity index is 335. The molecule has 0 rings (SSSR count). The summed E-state index contributed by atoms with van der Waals surface area (Å²) in [7, 11) is 0. The predicted molar refractivity (Wildman–Crippen MR) is 140 cm³/mol. The van der Waals surface area contributed by atoms with Gasteiger partial charge in [-0.2, -0.15) is 0 Å². The van der Waals surface area contributed by atoms with Crippen molar-refractivity contribution in [3.63, 3.8) is 0 Å². The Labute approximate surface area is 196 Å². The van der Waals surface area contributed by atoms with E-state index >= 15 is 0 Å². The summed E-state index contributed by atoms with van der Waals surface area (Å²) in [6.45, 7) is 9.43. The molecule has 0 aliphatic carbocycles. The van der Waals surface area contributed by atoms with Gasteiger partial charge in [-0.05, 0) is 44.1 Å². The molecular weight excluding hydrogens is 380 g/mol. The van der Waals surface area contributed by atoms with Crippen molar-refractivity contribution in [2.45, 2.75) is 149 Å². The number of ether oxygens (including phenoxy) is 1. The fourth-order valence-electron chi connectivity index (χ4n) is 4.45. The van der Waals surface area contributed by atoms with Gasteiger partial charge in [0.15, 0.2) is 0 Å². The van der Waals surface area contributed by atoms with E-state index in [9.17, 15) is 0 Å². The molecule has 0 aliphatic rings. The van der Waals surface area contributed by atoms with Crippen LogP contribution in [0.5, 0.6) is 0 Å². The number of rotatable bonds is 25. The van der Waals surface area contributed by atoms with Gasteiger partial charge in [0, 0.05) is 19.3 Å². The molecule has 3 heteroatoms. The molecule has 0 fully saturated rings. The third-order valence-corrected chi connectivity index (χ3v) is 6.73. The molecule has 0 spiro atoms. The van der Waals surface area contributed by atoms with Crippen molar-refractivity contribution < 1.29 is 4.74 Å². The van der Waals surface area contributed by atoms with E-state index in [1.54, 1.807) is 0 Å². The van der Waals surface area contributed by atoms with Crippen LogP contribution in [0, 0.1) is 11.8 Å². The zero-order chi connectivity index (χ0) is 23.0. The van der Waals surface area contributed by atoms with Crippen LogP contribution in [-0.2, 0) is 4.74 Å². The molecule has 0 aromatic heterocycles. The summed E-state index contributed by atoms with van der Waals surface area (Å²) >= 11 is 0. The molecule has 0 aliphatic heterocycles. The second-order valence-corrected chi connectivity index (χ2v) is 10.3. The average Bonchev–Trinajstić information content (AvgIpc) is 2.75. The molecule has 0 radical (unpaired) electrons. The molecule has 2 atom stereocenters. The highest BCUT2D eigenvalue weighted by atomic mass is 16.5. The molecule has 4 N–H and O–H groups in total. The van der Waals surface area contributed by atoms with Gasteiger partial charge in [-0.25, -0.2) is 0 Å². The van der Waals surface area contributed by atoms with Gasteiger partial charge < -0.3 is 16.2 Å². The van der Waals surface area contributed by atoms with Gasteiger partial charge in [0.25, 0.3) is 0 Å². The normalized spacial score (nSPS) is 13.7. The number of unbranched alkanes of at least 4 members (excludes halogenated alkanes) is 13. The quantitative estimate of drug-likeness (QED) is 0.141. The maximum Gasteiger partial charge on any atom is 0.0466 e. The van der Waals surface area contributed by atoms with Gasteiger partial charge in [0.05, 0.1) is 0 Å². The molecule has 188 valence electrons. The molecule has 2 unspecified atom stereocenters. The highest BCUT2D eigenvalue weighted by Crippen LogP contribution is 2.17. The van der Waals surface area contributed by atoms with Gasteiger partial charge in [0.2, 0.25) is 0 Å². The van der Waals surface area contributed by atoms with Crippen molar-refractivity contribution >= 4 is 0 Å². The molecular formula is C28H60N2O. The molecule has 0 aromatic carbocycles. The van der Waals surface area contributed by atoms with E-state index in [-0.39, 0.29) is 6.04 Å². The molecule has 0 saturated heterocycles. The predicted octanol–water partition coefficient (Wildman–Crippen LogP) is 7.99. The van der Waals surface area contributed by atoms with Crippen molar-refractivity contribution in [2.75, 3.05) is 19.8 Å². The summed E-state index contributed by atoms with van der Waals surface area (Å²) in [6.07, 6.45) is 25.2. The maximum absolute atomic E-state index is 6.43. The van der Waals surface area contributed by atoms with E-state index in [1.807, 2.05) is 0 Å². The highest BCUT2D eigenvalue weighted by Gasteiger charge is 2.15. The Kier molecular flexibility index (Phi) is 24.4. The summed E-state index contributed by atoms with van der Waals surface area (Å²) in [5, 5.41) is 0. The summed E-state index contributed by atoms with van der Waals surface area (Å²) in [6, 6.07) is 0.245. The molecule has 3 nitrogen and oxygen atoms in total. The fourth-order valence-corrected chi connectivity index (χ4v) is 4.45. The van der Waals surface area contributed by atoms with Gasteiger partial charge in [-0.15, -0.1) is 0 Å². The summed E-state index contributed by atoms with van der Waals surface area (Å²) in [4.78, 5) is 0. The number of nitrogens with two attached hydrogens (primary N) is 2. The number of hydrogen-bond donors (Lipinski definition) is 2. The molecule has 0 heterocycles. The molecule has 0 aromatic rings. The second kappa shape index (κ2) is 24.5. The van der Waals surface area contributed by atoms with E-state index in [1.165, 1.54) is 109 Å². The van der Waals surface area contributed by atoms with E-state index in [0.717, 1.165) is 38.5 Å². The first kappa shape index (κ1) is 30.9. The van der Waals surface area contributed by atoms with Crippen LogP contribution in [0.1, 0.15) is 143 Å². The highest BCUT2D eigenvalue weighted by molar-refractivity contribution is 4.74. The minimum atomic E-state index is 0.245. The third kappa shape index (κ3) is 22.9. The van der Waals surface area contributed by atoms with Crippen LogP contribution in [0.2, 0.25) is 0 Å². The SMILES string of the molecule is CCCCCCCCCC(CN)C(N)CCCOCCCCCCCCCCC(C)C. The first-order valence-corrected chi connectivity index (χ1v) is 14.1. The Morgan fingerprint density at radius 3 is 1.61 bits per heavy atom. The molecule has 0 bridgehead atoms. The van der Waals surface area contributed by atoms with E-state index < -0.39 is 0 Å². The van der Waals surface area contributed by atoms with E-state index in [4.69, 9.17) is 16.2 Å². The Hall–Kier alpha value is -0.120. The minimum Gasteiger partial charge on any atom is -0.381 e. The van der Waals surface area contributed by atoms with Crippen LogP contribution in [0.3, 0.4) is 0 Å².